The maximum Gasteiger partial charge on any atom is 0.249 e. The first-order valence-electron chi connectivity index (χ1n) is 12.1. The minimum absolute atomic E-state index is 0.0451. The van der Waals surface area contributed by atoms with E-state index in [-0.39, 0.29) is 35.7 Å². The quantitative estimate of drug-likeness (QED) is 0.608. The van der Waals surface area contributed by atoms with Crippen molar-refractivity contribution in [3.63, 3.8) is 0 Å². The zero-order valence-electron chi connectivity index (χ0n) is 21.4. The Morgan fingerprint density at radius 3 is 2.16 bits per heavy atom. The summed E-state index contributed by atoms with van der Waals surface area (Å²) in [6.45, 7) is 14.4. The van der Waals surface area contributed by atoms with Crippen LogP contribution in [0.2, 0.25) is 0 Å². The van der Waals surface area contributed by atoms with Gasteiger partial charge >= 0.3 is 0 Å². The molecular formula is C25H44N4O3. The van der Waals surface area contributed by atoms with E-state index in [1.165, 1.54) is 0 Å². The molecule has 2 aliphatic heterocycles. The van der Waals surface area contributed by atoms with Crippen LogP contribution in [0.15, 0.2) is 11.6 Å². The number of hydrogen-bond acceptors (Lipinski definition) is 4. The smallest absolute Gasteiger partial charge is 0.249 e. The fourth-order valence-electron chi connectivity index (χ4n) is 4.49. The number of hydrogen-bond donors (Lipinski definition) is 1. The number of carbonyl (C=O) groups excluding carboxylic acids is 3. The first kappa shape index (κ1) is 26.4. The van der Waals surface area contributed by atoms with Crippen LogP contribution >= 0.6 is 0 Å². The Balaban J connectivity index is 2.20. The standard InChI is InChI=1S/C25H44N4O3/c1-17(2)20(16-18(3)23(31)29-14-11-15-29)28(8)24(32)21(25(4,5)6)26-22(30)19-12-9-10-13-27(19)7/h16-17,19-21H,9-15H2,1-8H3,(H,26,30)/b18-16+/t19?,20-,21-/m1/s1. The Morgan fingerprint density at radius 1 is 1.06 bits per heavy atom. The summed E-state index contributed by atoms with van der Waals surface area (Å²) in [4.78, 5) is 45.0. The van der Waals surface area contributed by atoms with Gasteiger partial charge in [-0.05, 0) is 51.1 Å². The molecular weight excluding hydrogens is 404 g/mol. The number of nitrogens with one attached hydrogen (secondary N) is 1. The van der Waals surface area contributed by atoms with Crippen molar-refractivity contribution < 1.29 is 14.4 Å². The lowest BCUT2D eigenvalue weighted by Crippen LogP contribution is -2.59. The van der Waals surface area contributed by atoms with Gasteiger partial charge in [0.15, 0.2) is 0 Å². The first-order valence-corrected chi connectivity index (χ1v) is 12.1. The molecule has 3 amide bonds. The molecule has 0 aliphatic carbocycles. The van der Waals surface area contributed by atoms with Crippen LogP contribution in [-0.4, -0.2) is 84.3 Å². The summed E-state index contributed by atoms with van der Waals surface area (Å²) < 4.78 is 0. The van der Waals surface area contributed by atoms with Crippen LogP contribution in [0.3, 0.4) is 0 Å². The molecule has 32 heavy (non-hydrogen) atoms. The minimum Gasteiger partial charge on any atom is -0.342 e. The van der Waals surface area contributed by atoms with E-state index < -0.39 is 11.5 Å². The van der Waals surface area contributed by atoms with Crippen molar-refractivity contribution in [1.82, 2.24) is 20.0 Å². The largest absolute Gasteiger partial charge is 0.342 e. The molecule has 0 radical (unpaired) electrons. The average molecular weight is 449 g/mol. The monoisotopic (exact) mass is 448 g/mol. The highest BCUT2D eigenvalue weighted by Gasteiger charge is 2.39. The molecule has 0 aromatic rings. The van der Waals surface area contributed by atoms with E-state index in [9.17, 15) is 14.4 Å². The van der Waals surface area contributed by atoms with Gasteiger partial charge in [-0.25, -0.2) is 0 Å². The summed E-state index contributed by atoms with van der Waals surface area (Å²) in [5, 5.41) is 3.08. The molecule has 182 valence electrons. The highest BCUT2D eigenvalue weighted by Crippen LogP contribution is 2.25. The van der Waals surface area contributed by atoms with E-state index in [0.29, 0.717) is 5.57 Å². The van der Waals surface area contributed by atoms with Crippen molar-refractivity contribution in [3.8, 4) is 0 Å². The van der Waals surface area contributed by atoms with Gasteiger partial charge in [-0.1, -0.05) is 47.1 Å². The summed E-state index contributed by atoms with van der Waals surface area (Å²) in [7, 11) is 3.75. The molecule has 2 saturated heterocycles. The molecule has 0 saturated carbocycles. The van der Waals surface area contributed by atoms with Crippen LogP contribution in [0.1, 0.15) is 67.2 Å². The summed E-state index contributed by atoms with van der Waals surface area (Å²) in [5.74, 6) is -0.0224. The van der Waals surface area contributed by atoms with E-state index >= 15 is 0 Å². The van der Waals surface area contributed by atoms with Crippen molar-refractivity contribution >= 4 is 17.7 Å². The minimum atomic E-state index is -0.642. The van der Waals surface area contributed by atoms with Gasteiger partial charge in [-0.15, -0.1) is 0 Å². The van der Waals surface area contributed by atoms with E-state index in [2.05, 4.69) is 10.2 Å². The van der Waals surface area contributed by atoms with Crippen LogP contribution < -0.4 is 5.32 Å². The van der Waals surface area contributed by atoms with Crippen molar-refractivity contribution in [2.45, 2.75) is 85.4 Å². The predicted molar refractivity (Wildman–Crippen MR) is 128 cm³/mol. The Labute approximate surface area is 194 Å². The molecule has 7 nitrogen and oxygen atoms in total. The number of rotatable bonds is 7. The normalized spacial score (nSPS) is 22.2. The lowest BCUT2D eigenvalue weighted by molar-refractivity contribution is -0.141. The van der Waals surface area contributed by atoms with E-state index in [0.717, 1.165) is 45.3 Å². The number of piperidine rings is 1. The number of carbonyl (C=O) groups is 3. The van der Waals surface area contributed by atoms with E-state index in [1.807, 2.05) is 59.6 Å². The topological polar surface area (TPSA) is 73.0 Å². The second-order valence-electron chi connectivity index (χ2n) is 11.0. The highest BCUT2D eigenvalue weighted by molar-refractivity contribution is 5.94. The van der Waals surface area contributed by atoms with Gasteiger partial charge in [0.1, 0.15) is 6.04 Å². The summed E-state index contributed by atoms with van der Waals surface area (Å²) in [5.41, 5.74) is 0.227. The first-order chi connectivity index (χ1) is 14.8. The van der Waals surface area contributed by atoms with Gasteiger partial charge in [-0.3, -0.25) is 19.3 Å². The van der Waals surface area contributed by atoms with Crippen molar-refractivity contribution in [2.24, 2.45) is 11.3 Å². The van der Waals surface area contributed by atoms with Gasteiger partial charge < -0.3 is 15.1 Å². The highest BCUT2D eigenvalue weighted by atomic mass is 16.2. The lowest BCUT2D eigenvalue weighted by Gasteiger charge is -2.39. The molecule has 0 bridgehead atoms. The molecule has 2 fully saturated rings. The maximum atomic E-state index is 13.7. The molecule has 2 aliphatic rings. The van der Waals surface area contributed by atoms with Crippen LogP contribution in [0.4, 0.5) is 0 Å². The summed E-state index contributed by atoms with van der Waals surface area (Å²) in [6.07, 6.45) is 5.91. The number of nitrogens with zero attached hydrogens (tertiary/aromatic N) is 3. The summed E-state index contributed by atoms with van der Waals surface area (Å²) in [6, 6.07) is -1.06. The van der Waals surface area contributed by atoms with Gasteiger partial charge in [0.05, 0.1) is 12.1 Å². The molecule has 0 aromatic carbocycles. The molecule has 2 heterocycles. The third kappa shape index (κ3) is 6.33. The fraction of sp³-hybridized carbons (Fsp3) is 0.800. The fourth-order valence-corrected chi connectivity index (χ4v) is 4.49. The van der Waals surface area contributed by atoms with Gasteiger partial charge in [0, 0.05) is 25.7 Å². The number of amides is 3. The zero-order chi connectivity index (χ0) is 24.2. The lowest BCUT2D eigenvalue weighted by atomic mass is 9.84. The van der Waals surface area contributed by atoms with Gasteiger partial charge in [-0.2, -0.15) is 0 Å². The number of likely N-dealkylation sites (N-methyl/N-ethyl adjacent to an activating group) is 2. The number of likely N-dealkylation sites (tertiary alicyclic amines) is 2. The van der Waals surface area contributed by atoms with Gasteiger partial charge in [0.2, 0.25) is 17.7 Å². The predicted octanol–water partition coefficient (Wildman–Crippen LogP) is 2.66. The Hall–Kier alpha value is -1.89. The molecule has 0 spiro atoms. The van der Waals surface area contributed by atoms with Gasteiger partial charge in [0.25, 0.3) is 0 Å². The maximum absolute atomic E-state index is 13.7. The molecule has 1 unspecified atom stereocenters. The Kier molecular flexibility index (Phi) is 8.91. The van der Waals surface area contributed by atoms with Crippen LogP contribution in [0.25, 0.3) is 0 Å². The van der Waals surface area contributed by atoms with Crippen molar-refractivity contribution in [1.29, 1.82) is 0 Å². The van der Waals surface area contributed by atoms with Crippen LogP contribution in [-0.2, 0) is 14.4 Å². The third-order valence-corrected chi connectivity index (χ3v) is 6.85. The Bertz CT molecular complexity index is 721. The molecule has 2 rings (SSSR count). The molecule has 7 heteroatoms. The van der Waals surface area contributed by atoms with E-state index in [1.54, 1.807) is 11.9 Å². The van der Waals surface area contributed by atoms with Crippen LogP contribution in [0.5, 0.6) is 0 Å². The van der Waals surface area contributed by atoms with Crippen LogP contribution in [0, 0.1) is 11.3 Å². The second kappa shape index (κ2) is 10.8. The third-order valence-electron chi connectivity index (χ3n) is 6.85. The zero-order valence-corrected chi connectivity index (χ0v) is 21.4. The van der Waals surface area contributed by atoms with E-state index in [4.69, 9.17) is 0 Å². The van der Waals surface area contributed by atoms with Crippen molar-refractivity contribution in [2.75, 3.05) is 33.7 Å². The summed E-state index contributed by atoms with van der Waals surface area (Å²) >= 11 is 0. The molecule has 0 aromatic heterocycles. The van der Waals surface area contributed by atoms with Crippen molar-refractivity contribution in [3.05, 3.63) is 11.6 Å². The average Bonchev–Trinajstić information content (AvgIpc) is 2.66. The molecule has 1 N–H and O–H groups in total. The second-order valence-corrected chi connectivity index (χ2v) is 11.0. The SMILES string of the molecule is C/C(=C\[C@H](C(C)C)N(C)C(=O)[C@@H](NC(=O)C1CCCCN1C)C(C)(C)C)C(=O)N1CCC1. The Morgan fingerprint density at radius 2 is 1.69 bits per heavy atom. The molecule has 3 atom stereocenters.